The summed E-state index contributed by atoms with van der Waals surface area (Å²) in [6.45, 7) is 0.659. The number of hydrogen-bond acceptors (Lipinski definition) is 4. The summed E-state index contributed by atoms with van der Waals surface area (Å²) >= 11 is 0. The van der Waals surface area contributed by atoms with Crippen molar-refractivity contribution in [2.24, 2.45) is 0 Å². The first-order chi connectivity index (χ1) is 11.3. The zero-order valence-corrected chi connectivity index (χ0v) is 12.5. The third kappa shape index (κ3) is 2.80. The van der Waals surface area contributed by atoms with Crippen LogP contribution in [0, 0.1) is 0 Å². The van der Waals surface area contributed by atoms with E-state index in [1.165, 1.54) is 0 Å². The smallest absolute Gasteiger partial charge is 0.253 e. The summed E-state index contributed by atoms with van der Waals surface area (Å²) in [5.74, 6) is 0.671. The molecule has 4 rings (SSSR count). The lowest BCUT2D eigenvalue weighted by molar-refractivity contribution is -0.124. The molecule has 1 unspecified atom stereocenters. The minimum absolute atomic E-state index is 0.0890. The molecular formula is C17H16N4O2. The van der Waals surface area contributed by atoms with Crippen LogP contribution in [0.1, 0.15) is 12.8 Å². The molecule has 0 aliphatic carbocycles. The van der Waals surface area contributed by atoms with E-state index in [4.69, 9.17) is 4.74 Å². The van der Waals surface area contributed by atoms with Crippen LogP contribution in [0.15, 0.2) is 42.7 Å². The highest BCUT2D eigenvalue weighted by Crippen LogP contribution is 2.23. The molecule has 1 aromatic carbocycles. The van der Waals surface area contributed by atoms with E-state index < -0.39 is 0 Å². The average Bonchev–Trinajstić information content (AvgIpc) is 3.25. The second-order valence-electron chi connectivity index (χ2n) is 5.55. The Hall–Kier alpha value is -2.73. The Balaban J connectivity index is 1.59. The Kier molecular flexibility index (Phi) is 3.51. The molecule has 1 atom stereocenters. The van der Waals surface area contributed by atoms with Gasteiger partial charge in [0.05, 0.1) is 11.0 Å². The molecule has 1 aliphatic heterocycles. The Morgan fingerprint density at radius 2 is 2.30 bits per heavy atom. The number of pyridine rings is 1. The van der Waals surface area contributed by atoms with Crippen molar-refractivity contribution >= 4 is 22.6 Å². The Morgan fingerprint density at radius 1 is 1.35 bits per heavy atom. The van der Waals surface area contributed by atoms with Crippen LogP contribution in [-0.2, 0) is 9.53 Å². The molecule has 23 heavy (non-hydrogen) atoms. The van der Waals surface area contributed by atoms with Crippen molar-refractivity contribution in [3.05, 3.63) is 42.7 Å². The summed E-state index contributed by atoms with van der Waals surface area (Å²) in [4.78, 5) is 24.0. The SMILES string of the molecule is O=C(Nc1ccc2nc(-c3cccnc3)[nH]c2c1)C1CCCO1. The number of fused-ring (bicyclic) bond motifs is 1. The molecule has 116 valence electrons. The lowest BCUT2D eigenvalue weighted by Crippen LogP contribution is -2.26. The van der Waals surface area contributed by atoms with E-state index in [9.17, 15) is 4.79 Å². The number of benzene rings is 1. The zero-order chi connectivity index (χ0) is 15.6. The van der Waals surface area contributed by atoms with E-state index in [2.05, 4.69) is 20.3 Å². The fourth-order valence-corrected chi connectivity index (χ4v) is 2.73. The summed E-state index contributed by atoms with van der Waals surface area (Å²) in [7, 11) is 0. The second kappa shape index (κ2) is 5.81. The van der Waals surface area contributed by atoms with Crippen LogP contribution in [0.4, 0.5) is 5.69 Å². The molecule has 3 heterocycles. The molecule has 0 saturated carbocycles. The number of nitrogens with one attached hydrogen (secondary N) is 2. The third-order valence-electron chi connectivity index (χ3n) is 3.91. The number of amides is 1. The summed E-state index contributed by atoms with van der Waals surface area (Å²) in [6, 6.07) is 9.44. The van der Waals surface area contributed by atoms with Gasteiger partial charge in [-0.3, -0.25) is 9.78 Å². The van der Waals surface area contributed by atoms with Crippen molar-refractivity contribution in [1.29, 1.82) is 0 Å². The molecule has 1 aliphatic rings. The first-order valence-electron chi connectivity index (χ1n) is 7.62. The number of carbonyl (C=O) groups is 1. The predicted molar refractivity (Wildman–Crippen MR) is 86.9 cm³/mol. The quantitative estimate of drug-likeness (QED) is 0.779. The number of hydrogen-bond donors (Lipinski definition) is 2. The van der Waals surface area contributed by atoms with Gasteiger partial charge >= 0.3 is 0 Å². The van der Waals surface area contributed by atoms with Gasteiger partial charge in [0, 0.05) is 30.3 Å². The van der Waals surface area contributed by atoms with Gasteiger partial charge in [0.25, 0.3) is 5.91 Å². The number of anilines is 1. The third-order valence-corrected chi connectivity index (χ3v) is 3.91. The van der Waals surface area contributed by atoms with Gasteiger partial charge in [-0.15, -0.1) is 0 Å². The number of nitrogens with zero attached hydrogens (tertiary/aromatic N) is 2. The first kappa shape index (κ1) is 13.9. The summed E-state index contributed by atoms with van der Waals surface area (Å²) in [5, 5.41) is 2.90. The highest BCUT2D eigenvalue weighted by Gasteiger charge is 2.23. The van der Waals surface area contributed by atoms with Crippen molar-refractivity contribution in [2.75, 3.05) is 11.9 Å². The highest BCUT2D eigenvalue weighted by molar-refractivity contribution is 5.96. The average molecular weight is 308 g/mol. The van der Waals surface area contributed by atoms with Crippen molar-refractivity contribution in [2.45, 2.75) is 18.9 Å². The second-order valence-corrected chi connectivity index (χ2v) is 5.55. The molecule has 2 N–H and O–H groups in total. The number of imidazole rings is 1. The van der Waals surface area contributed by atoms with E-state index >= 15 is 0 Å². The molecule has 0 spiro atoms. The Labute approximate surface area is 132 Å². The Morgan fingerprint density at radius 3 is 3.09 bits per heavy atom. The minimum Gasteiger partial charge on any atom is -0.368 e. The van der Waals surface area contributed by atoms with Crippen molar-refractivity contribution < 1.29 is 9.53 Å². The van der Waals surface area contributed by atoms with Gasteiger partial charge in [0.2, 0.25) is 0 Å². The van der Waals surface area contributed by atoms with Crippen LogP contribution >= 0.6 is 0 Å². The van der Waals surface area contributed by atoms with Crippen molar-refractivity contribution in [1.82, 2.24) is 15.0 Å². The zero-order valence-electron chi connectivity index (χ0n) is 12.5. The van der Waals surface area contributed by atoms with E-state index in [0.29, 0.717) is 6.61 Å². The van der Waals surface area contributed by atoms with Gasteiger partial charge in [-0.2, -0.15) is 0 Å². The molecule has 1 amide bonds. The van der Waals surface area contributed by atoms with Crippen molar-refractivity contribution in [3.8, 4) is 11.4 Å². The first-order valence-corrected chi connectivity index (χ1v) is 7.62. The molecule has 1 saturated heterocycles. The molecule has 0 radical (unpaired) electrons. The van der Waals surface area contributed by atoms with Crippen molar-refractivity contribution in [3.63, 3.8) is 0 Å². The lowest BCUT2D eigenvalue weighted by Gasteiger charge is -2.10. The van der Waals surface area contributed by atoms with Crippen LogP contribution in [0.5, 0.6) is 0 Å². The standard InChI is InChI=1S/C17H16N4O2/c22-17(15-4-2-8-23-15)19-12-5-6-13-14(9-12)21-16(20-13)11-3-1-7-18-10-11/h1,3,5-7,9-10,15H,2,4,8H2,(H,19,22)(H,20,21). The normalized spacial score (nSPS) is 17.5. The molecule has 1 fully saturated rings. The monoisotopic (exact) mass is 308 g/mol. The van der Waals surface area contributed by atoms with Gasteiger partial charge in [0.15, 0.2) is 0 Å². The van der Waals surface area contributed by atoms with Gasteiger partial charge in [-0.05, 0) is 43.2 Å². The fraction of sp³-hybridized carbons (Fsp3) is 0.235. The summed E-state index contributed by atoms with van der Waals surface area (Å²) in [6.07, 6.45) is 4.87. The van der Waals surface area contributed by atoms with Crippen LogP contribution in [0.2, 0.25) is 0 Å². The number of H-pyrrole nitrogens is 1. The van der Waals surface area contributed by atoms with Gasteiger partial charge in [0.1, 0.15) is 11.9 Å². The van der Waals surface area contributed by atoms with Crippen LogP contribution in [0.25, 0.3) is 22.4 Å². The molecule has 6 heteroatoms. The summed E-state index contributed by atoms with van der Waals surface area (Å²) < 4.78 is 5.40. The molecule has 0 bridgehead atoms. The van der Waals surface area contributed by atoms with Gasteiger partial charge in [-0.1, -0.05) is 0 Å². The largest absolute Gasteiger partial charge is 0.368 e. The van der Waals surface area contributed by atoms with Gasteiger partial charge in [-0.25, -0.2) is 4.98 Å². The maximum absolute atomic E-state index is 12.1. The lowest BCUT2D eigenvalue weighted by atomic mass is 10.2. The van der Waals surface area contributed by atoms with Gasteiger partial charge < -0.3 is 15.0 Å². The number of aromatic amines is 1. The van der Waals surface area contributed by atoms with E-state index in [-0.39, 0.29) is 12.0 Å². The van der Waals surface area contributed by atoms with Crippen LogP contribution in [-0.4, -0.2) is 33.6 Å². The van der Waals surface area contributed by atoms with Crippen LogP contribution in [0.3, 0.4) is 0 Å². The van der Waals surface area contributed by atoms with Crippen LogP contribution < -0.4 is 5.32 Å². The fourth-order valence-electron chi connectivity index (χ4n) is 2.73. The maximum Gasteiger partial charge on any atom is 0.253 e. The number of carbonyl (C=O) groups excluding carboxylic acids is 1. The Bertz CT molecular complexity index is 838. The van der Waals surface area contributed by atoms with E-state index in [1.54, 1.807) is 12.4 Å². The number of aromatic nitrogens is 3. The number of rotatable bonds is 3. The topological polar surface area (TPSA) is 79.9 Å². The maximum atomic E-state index is 12.1. The molecule has 6 nitrogen and oxygen atoms in total. The summed E-state index contributed by atoms with van der Waals surface area (Å²) in [5.41, 5.74) is 3.38. The number of ether oxygens (including phenoxy) is 1. The van der Waals surface area contributed by atoms with E-state index in [1.807, 2.05) is 30.3 Å². The molecular weight excluding hydrogens is 292 g/mol. The molecule has 3 aromatic rings. The highest BCUT2D eigenvalue weighted by atomic mass is 16.5. The minimum atomic E-state index is -0.335. The predicted octanol–water partition coefficient (Wildman–Crippen LogP) is 2.74. The van der Waals surface area contributed by atoms with E-state index in [0.717, 1.165) is 41.0 Å². The molecule has 2 aromatic heterocycles.